The molecule has 122 valence electrons. The van der Waals surface area contributed by atoms with Crippen LogP contribution in [0.3, 0.4) is 0 Å². The van der Waals surface area contributed by atoms with Gasteiger partial charge in [0.1, 0.15) is 0 Å². The minimum Gasteiger partial charge on any atom is -0.493 e. The Morgan fingerprint density at radius 1 is 1.50 bits per heavy atom. The summed E-state index contributed by atoms with van der Waals surface area (Å²) in [4.78, 5) is 14.3. The number of carbonyl (C=O) groups is 1. The highest BCUT2D eigenvalue weighted by Gasteiger charge is 2.29. The highest BCUT2D eigenvalue weighted by atomic mass is 19.3. The lowest BCUT2D eigenvalue weighted by molar-refractivity contribution is -0.0516. The first-order valence-electron chi connectivity index (χ1n) is 7.12. The first-order valence-corrected chi connectivity index (χ1v) is 7.12. The Labute approximate surface area is 128 Å². The Hall–Kier alpha value is -1.89. The number of methoxy groups -OCH3 is 1. The van der Waals surface area contributed by atoms with Crippen LogP contribution >= 0.6 is 0 Å². The number of benzene rings is 1. The number of amides is 1. The van der Waals surface area contributed by atoms with Crippen LogP contribution in [0.15, 0.2) is 18.2 Å². The van der Waals surface area contributed by atoms with E-state index in [1.54, 1.807) is 11.0 Å². The molecule has 1 aliphatic rings. The maximum absolute atomic E-state index is 12.6. The zero-order valence-electron chi connectivity index (χ0n) is 12.6. The Balaban J connectivity index is 2.22. The molecule has 1 atom stereocenters. The van der Waals surface area contributed by atoms with E-state index < -0.39 is 6.61 Å². The van der Waals surface area contributed by atoms with Gasteiger partial charge in [-0.05, 0) is 38.1 Å². The second kappa shape index (κ2) is 7.40. The fraction of sp³-hybridized carbons (Fsp3) is 0.533. The molecular weight excluding hydrogens is 294 g/mol. The maximum atomic E-state index is 12.6. The number of likely N-dealkylation sites (tertiary alicyclic amines) is 1. The van der Waals surface area contributed by atoms with E-state index in [1.807, 2.05) is 7.05 Å². The van der Waals surface area contributed by atoms with Crippen molar-refractivity contribution in [1.29, 1.82) is 0 Å². The largest absolute Gasteiger partial charge is 0.493 e. The van der Waals surface area contributed by atoms with Crippen molar-refractivity contribution < 1.29 is 23.0 Å². The molecule has 1 aromatic rings. The Morgan fingerprint density at radius 2 is 2.27 bits per heavy atom. The third-order valence-corrected chi connectivity index (χ3v) is 3.70. The lowest BCUT2D eigenvalue weighted by Crippen LogP contribution is -2.30. The average molecular weight is 314 g/mol. The molecule has 1 amide bonds. The van der Waals surface area contributed by atoms with Gasteiger partial charge in [0.25, 0.3) is 5.91 Å². The molecule has 0 bridgehead atoms. The predicted octanol–water partition coefficient (Wildman–Crippen LogP) is 1.98. The molecule has 0 spiro atoms. The SMILES string of the molecule is CNCC1CCN(C(=O)c2cccc(OC)c2OC(F)F)C1. The van der Waals surface area contributed by atoms with Crippen molar-refractivity contribution in [2.24, 2.45) is 5.92 Å². The van der Waals surface area contributed by atoms with E-state index in [9.17, 15) is 13.6 Å². The smallest absolute Gasteiger partial charge is 0.387 e. The number of nitrogens with zero attached hydrogens (tertiary/aromatic N) is 1. The van der Waals surface area contributed by atoms with Gasteiger partial charge >= 0.3 is 6.61 Å². The number of ether oxygens (including phenoxy) is 2. The van der Waals surface area contributed by atoms with Gasteiger partial charge in [0.05, 0.1) is 12.7 Å². The number of carbonyl (C=O) groups excluding carboxylic acids is 1. The molecule has 0 aromatic heterocycles. The van der Waals surface area contributed by atoms with Crippen molar-refractivity contribution in [2.45, 2.75) is 13.0 Å². The molecule has 1 fully saturated rings. The minimum absolute atomic E-state index is 0.102. The maximum Gasteiger partial charge on any atom is 0.387 e. The van der Waals surface area contributed by atoms with Crippen LogP contribution in [0.4, 0.5) is 8.78 Å². The summed E-state index contributed by atoms with van der Waals surface area (Å²) in [6.07, 6.45) is 0.890. The zero-order valence-corrected chi connectivity index (χ0v) is 12.6. The van der Waals surface area contributed by atoms with Gasteiger partial charge in [-0.1, -0.05) is 6.07 Å². The van der Waals surface area contributed by atoms with E-state index in [4.69, 9.17) is 4.74 Å². The fourth-order valence-electron chi connectivity index (χ4n) is 2.70. The number of rotatable bonds is 6. The molecule has 1 aromatic carbocycles. The van der Waals surface area contributed by atoms with Crippen LogP contribution in [0.5, 0.6) is 11.5 Å². The summed E-state index contributed by atoms with van der Waals surface area (Å²) < 4.78 is 34.7. The summed E-state index contributed by atoms with van der Waals surface area (Å²) in [5.41, 5.74) is 0.102. The van der Waals surface area contributed by atoms with E-state index >= 15 is 0 Å². The van der Waals surface area contributed by atoms with Gasteiger partial charge in [0.15, 0.2) is 11.5 Å². The summed E-state index contributed by atoms with van der Waals surface area (Å²) in [5.74, 6) is -0.0219. The van der Waals surface area contributed by atoms with Crippen molar-refractivity contribution in [3.8, 4) is 11.5 Å². The molecule has 1 N–H and O–H groups in total. The third-order valence-electron chi connectivity index (χ3n) is 3.70. The topological polar surface area (TPSA) is 50.8 Å². The number of hydrogen-bond acceptors (Lipinski definition) is 4. The summed E-state index contributed by atoms with van der Waals surface area (Å²) in [5, 5.41) is 3.08. The molecule has 0 saturated carbocycles. The lowest BCUT2D eigenvalue weighted by Gasteiger charge is -2.20. The summed E-state index contributed by atoms with van der Waals surface area (Å²) >= 11 is 0. The van der Waals surface area contributed by atoms with Gasteiger partial charge < -0.3 is 19.7 Å². The monoisotopic (exact) mass is 314 g/mol. The molecule has 1 unspecified atom stereocenters. The van der Waals surface area contributed by atoms with Crippen LogP contribution in [-0.4, -0.2) is 51.2 Å². The minimum atomic E-state index is -3.02. The normalized spacial score (nSPS) is 17.9. The second-order valence-electron chi connectivity index (χ2n) is 5.18. The van der Waals surface area contributed by atoms with Crippen molar-refractivity contribution in [1.82, 2.24) is 10.2 Å². The molecule has 0 aliphatic carbocycles. The standard InChI is InChI=1S/C15H20F2N2O3/c1-18-8-10-6-7-19(9-10)14(20)11-4-3-5-12(21-2)13(11)22-15(16)17/h3-5,10,15,18H,6-9H2,1-2H3. The van der Waals surface area contributed by atoms with Crippen molar-refractivity contribution in [2.75, 3.05) is 33.8 Å². The van der Waals surface area contributed by atoms with Crippen LogP contribution in [0.1, 0.15) is 16.8 Å². The van der Waals surface area contributed by atoms with Crippen molar-refractivity contribution in [3.63, 3.8) is 0 Å². The molecular formula is C15H20F2N2O3. The number of hydrogen-bond donors (Lipinski definition) is 1. The van der Waals surface area contributed by atoms with Gasteiger partial charge in [-0.3, -0.25) is 4.79 Å². The van der Waals surface area contributed by atoms with Crippen LogP contribution < -0.4 is 14.8 Å². The molecule has 22 heavy (non-hydrogen) atoms. The van der Waals surface area contributed by atoms with Crippen LogP contribution in [0.25, 0.3) is 0 Å². The Kier molecular flexibility index (Phi) is 5.54. The van der Waals surface area contributed by atoms with Gasteiger partial charge in [-0.15, -0.1) is 0 Å². The molecule has 5 nitrogen and oxygen atoms in total. The molecule has 0 radical (unpaired) electrons. The highest BCUT2D eigenvalue weighted by molar-refractivity contribution is 5.98. The van der Waals surface area contributed by atoms with Crippen molar-refractivity contribution in [3.05, 3.63) is 23.8 Å². The van der Waals surface area contributed by atoms with E-state index in [0.717, 1.165) is 13.0 Å². The summed E-state index contributed by atoms with van der Waals surface area (Å²) in [6, 6.07) is 4.56. The average Bonchev–Trinajstić information content (AvgIpc) is 2.95. The van der Waals surface area contributed by atoms with Crippen molar-refractivity contribution >= 4 is 5.91 Å². The van der Waals surface area contributed by atoms with E-state index in [-0.39, 0.29) is 23.0 Å². The number of nitrogens with one attached hydrogen (secondary N) is 1. The zero-order chi connectivity index (χ0) is 16.1. The van der Waals surface area contributed by atoms with Crippen LogP contribution in [-0.2, 0) is 0 Å². The molecule has 1 heterocycles. The number of alkyl halides is 2. The quantitative estimate of drug-likeness (QED) is 0.872. The summed E-state index contributed by atoms with van der Waals surface area (Å²) in [7, 11) is 3.21. The van der Waals surface area contributed by atoms with E-state index in [2.05, 4.69) is 10.1 Å². The third kappa shape index (κ3) is 3.65. The predicted molar refractivity (Wildman–Crippen MR) is 77.6 cm³/mol. The molecule has 1 aliphatic heterocycles. The van der Waals surface area contributed by atoms with E-state index in [0.29, 0.717) is 19.0 Å². The Bertz CT molecular complexity index is 526. The molecule has 1 saturated heterocycles. The first kappa shape index (κ1) is 16.5. The van der Waals surface area contributed by atoms with Gasteiger partial charge in [-0.2, -0.15) is 8.78 Å². The molecule has 2 rings (SSSR count). The van der Waals surface area contributed by atoms with Crippen LogP contribution in [0, 0.1) is 5.92 Å². The second-order valence-corrected chi connectivity index (χ2v) is 5.18. The fourth-order valence-corrected chi connectivity index (χ4v) is 2.70. The summed E-state index contributed by atoms with van der Waals surface area (Å²) in [6.45, 7) is -0.984. The number of halogens is 2. The van der Waals surface area contributed by atoms with Gasteiger partial charge in [-0.25, -0.2) is 0 Å². The molecule has 7 heteroatoms. The Morgan fingerprint density at radius 3 is 2.91 bits per heavy atom. The highest BCUT2D eigenvalue weighted by Crippen LogP contribution is 2.34. The van der Waals surface area contributed by atoms with Gasteiger partial charge in [0, 0.05) is 13.1 Å². The van der Waals surface area contributed by atoms with E-state index in [1.165, 1.54) is 19.2 Å². The van der Waals surface area contributed by atoms with Crippen LogP contribution in [0.2, 0.25) is 0 Å². The number of para-hydroxylation sites is 1. The lowest BCUT2D eigenvalue weighted by atomic mass is 10.1. The first-order chi connectivity index (χ1) is 10.6. The van der Waals surface area contributed by atoms with Gasteiger partial charge in [0.2, 0.25) is 0 Å².